The number of methoxy groups -OCH3 is 1. The summed E-state index contributed by atoms with van der Waals surface area (Å²) in [5.41, 5.74) is -1.33. The number of fused-ring (bicyclic) bond motifs is 3. The van der Waals surface area contributed by atoms with Crippen molar-refractivity contribution in [2.24, 2.45) is 0 Å². The zero-order valence-electron chi connectivity index (χ0n) is 28.0. The third-order valence-electron chi connectivity index (χ3n) is 9.77. The molecule has 2 N–H and O–H groups in total. The number of rotatable bonds is 6. The summed E-state index contributed by atoms with van der Waals surface area (Å²) in [5.74, 6) is -2.70. The zero-order chi connectivity index (χ0) is 37.1. The number of amides is 2. The number of nitrogens with one attached hydrogen (secondary N) is 1. The van der Waals surface area contributed by atoms with Crippen LogP contribution in [-0.4, -0.2) is 76.1 Å². The van der Waals surface area contributed by atoms with Crippen LogP contribution in [0.5, 0.6) is 11.6 Å². The molecule has 1 saturated heterocycles. The van der Waals surface area contributed by atoms with E-state index in [1.54, 1.807) is 24.0 Å². The second-order valence-electron chi connectivity index (χ2n) is 13.0. The van der Waals surface area contributed by atoms with Gasteiger partial charge in [-0.2, -0.15) is 22.7 Å². The molecular formula is C34H31F4N9O5. The SMILES string of the molecule is COc1cc(-c2nc3n(CC(=O)Nc4ccc(C(F)(F)F)cc4F)c4c(c(=O)n3n2)C2(CCN(C(=O)c3ncnc(C)c3O)CC2)CC4C)ccn1. The van der Waals surface area contributed by atoms with Crippen molar-refractivity contribution in [2.45, 2.75) is 57.2 Å². The van der Waals surface area contributed by atoms with Gasteiger partial charge in [0, 0.05) is 47.6 Å². The van der Waals surface area contributed by atoms with Crippen LogP contribution in [0.4, 0.5) is 23.2 Å². The highest BCUT2D eigenvalue weighted by atomic mass is 19.4. The topological polar surface area (TPSA) is 170 Å². The van der Waals surface area contributed by atoms with Crippen LogP contribution in [0.25, 0.3) is 17.2 Å². The van der Waals surface area contributed by atoms with Crippen molar-refractivity contribution in [3.8, 4) is 23.0 Å². The molecule has 14 nitrogen and oxygen atoms in total. The molecule has 1 aliphatic heterocycles. The number of likely N-dealkylation sites (tertiary alicyclic amines) is 1. The predicted molar refractivity (Wildman–Crippen MR) is 175 cm³/mol. The van der Waals surface area contributed by atoms with E-state index in [1.165, 1.54) is 24.2 Å². The van der Waals surface area contributed by atoms with Crippen LogP contribution in [0.1, 0.15) is 65.1 Å². The Kier molecular flexibility index (Phi) is 8.41. The number of piperidine rings is 1. The number of hydrogen-bond donors (Lipinski definition) is 2. The number of pyridine rings is 1. The van der Waals surface area contributed by atoms with E-state index in [0.717, 1.165) is 10.6 Å². The lowest BCUT2D eigenvalue weighted by molar-refractivity contribution is -0.137. The summed E-state index contributed by atoms with van der Waals surface area (Å²) in [5, 5.41) is 17.3. The predicted octanol–water partition coefficient (Wildman–Crippen LogP) is 4.24. The molecule has 1 unspecified atom stereocenters. The smallest absolute Gasteiger partial charge is 0.416 e. The van der Waals surface area contributed by atoms with Crippen molar-refractivity contribution in [3.05, 3.63) is 87.2 Å². The molecule has 1 aromatic carbocycles. The minimum atomic E-state index is -4.78. The molecule has 0 radical (unpaired) electrons. The number of ether oxygens (including phenoxy) is 1. The molecule has 5 aromatic rings. The number of nitrogens with zero attached hydrogens (tertiary/aromatic N) is 8. The normalized spacial score (nSPS) is 16.7. The van der Waals surface area contributed by atoms with E-state index in [2.05, 4.69) is 30.4 Å². The third kappa shape index (κ3) is 5.86. The number of alkyl halides is 3. The van der Waals surface area contributed by atoms with Gasteiger partial charge in [0.25, 0.3) is 11.5 Å². The fourth-order valence-electron chi connectivity index (χ4n) is 7.30. The summed E-state index contributed by atoms with van der Waals surface area (Å²) in [6.07, 6.45) is -0.864. The van der Waals surface area contributed by atoms with Gasteiger partial charge >= 0.3 is 6.18 Å². The Balaban J connectivity index is 1.28. The van der Waals surface area contributed by atoms with Crippen LogP contribution in [0.3, 0.4) is 0 Å². The van der Waals surface area contributed by atoms with Gasteiger partial charge in [0.2, 0.25) is 17.6 Å². The van der Waals surface area contributed by atoms with E-state index in [0.29, 0.717) is 48.2 Å². The summed E-state index contributed by atoms with van der Waals surface area (Å²) < 4.78 is 62.0. The Morgan fingerprint density at radius 2 is 1.87 bits per heavy atom. The van der Waals surface area contributed by atoms with E-state index in [1.807, 2.05) is 6.92 Å². The van der Waals surface area contributed by atoms with Gasteiger partial charge < -0.3 is 24.6 Å². The van der Waals surface area contributed by atoms with E-state index in [9.17, 15) is 37.1 Å². The number of aromatic nitrogens is 7. The highest BCUT2D eigenvalue weighted by molar-refractivity contribution is 5.95. The van der Waals surface area contributed by atoms with Crippen molar-refractivity contribution in [2.75, 3.05) is 25.5 Å². The molecule has 2 aliphatic rings. The van der Waals surface area contributed by atoms with Crippen LogP contribution in [0, 0.1) is 12.7 Å². The van der Waals surface area contributed by atoms with Crippen molar-refractivity contribution in [1.29, 1.82) is 0 Å². The Morgan fingerprint density at radius 1 is 1.12 bits per heavy atom. The van der Waals surface area contributed by atoms with Gasteiger partial charge in [0.15, 0.2) is 17.3 Å². The number of aryl methyl sites for hydroxylation is 1. The first-order chi connectivity index (χ1) is 24.7. The van der Waals surface area contributed by atoms with Crippen LogP contribution < -0.4 is 15.6 Å². The quantitative estimate of drug-likeness (QED) is 0.242. The average Bonchev–Trinajstić information content (AvgIpc) is 3.68. The summed E-state index contributed by atoms with van der Waals surface area (Å²) in [6, 6.07) is 4.99. The highest BCUT2D eigenvalue weighted by Crippen LogP contribution is 2.50. The first-order valence-corrected chi connectivity index (χ1v) is 16.2. The molecule has 1 aliphatic carbocycles. The molecule has 0 bridgehead atoms. The summed E-state index contributed by atoms with van der Waals surface area (Å²) in [7, 11) is 1.44. The monoisotopic (exact) mass is 721 g/mol. The fraction of sp³-hybridized carbons (Fsp3) is 0.353. The van der Waals surface area contributed by atoms with Gasteiger partial charge in [-0.3, -0.25) is 14.4 Å². The van der Waals surface area contributed by atoms with Crippen molar-refractivity contribution in [1.82, 2.24) is 39.0 Å². The minimum Gasteiger partial charge on any atom is -0.504 e. The van der Waals surface area contributed by atoms with Crippen molar-refractivity contribution < 1.29 is 37.0 Å². The highest BCUT2D eigenvalue weighted by Gasteiger charge is 2.49. The zero-order valence-corrected chi connectivity index (χ0v) is 28.0. The third-order valence-corrected chi connectivity index (χ3v) is 9.77. The Morgan fingerprint density at radius 3 is 2.56 bits per heavy atom. The first kappa shape index (κ1) is 34.5. The molecular weight excluding hydrogens is 690 g/mol. The molecule has 5 heterocycles. The molecule has 1 spiro atoms. The van der Waals surface area contributed by atoms with E-state index in [-0.39, 0.29) is 53.6 Å². The van der Waals surface area contributed by atoms with E-state index in [4.69, 9.17) is 4.74 Å². The van der Waals surface area contributed by atoms with Gasteiger partial charge in [0.05, 0.1) is 24.1 Å². The summed E-state index contributed by atoms with van der Waals surface area (Å²) in [4.78, 5) is 59.5. The Hall–Kier alpha value is -5.94. The summed E-state index contributed by atoms with van der Waals surface area (Å²) in [6.45, 7) is 3.44. The lowest BCUT2D eigenvalue weighted by atomic mass is 9.73. The molecule has 1 fully saturated rings. The van der Waals surface area contributed by atoms with Gasteiger partial charge in [-0.15, -0.1) is 5.10 Å². The molecule has 4 aromatic heterocycles. The maximum absolute atomic E-state index is 14.7. The van der Waals surface area contributed by atoms with Crippen molar-refractivity contribution in [3.63, 3.8) is 0 Å². The molecule has 52 heavy (non-hydrogen) atoms. The second kappa shape index (κ2) is 12.7. The second-order valence-corrected chi connectivity index (χ2v) is 13.0. The Bertz CT molecular complexity index is 2320. The minimum absolute atomic E-state index is 0.0173. The number of carbonyl (C=O) groups is 2. The number of carbonyl (C=O) groups excluding carboxylic acids is 2. The maximum Gasteiger partial charge on any atom is 0.416 e. The number of benzene rings is 1. The number of hydrogen-bond acceptors (Lipinski definition) is 10. The standard InChI is InChI=1S/C34H31F4N9O5/c1-17-14-33(7-10-45(11-8-33)31(51)26-28(49)18(2)40-16-41-26)25-27(17)46(15-23(48)42-22-5-4-20(13-21(22)35)34(36,37)38)32-43-29(44-47(32)30(25)50)19-6-9-39-24(12-19)52-3/h4-6,9,12-13,16-17,49H,7-8,10-11,14-15H2,1-3H3,(H,42,48). The van der Waals surface area contributed by atoms with Crippen molar-refractivity contribution >= 4 is 23.3 Å². The number of anilines is 1. The molecule has 2 amide bonds. The lowest BCUT2D eigenvalue weighted by Crippen LogP contribution is -2.46. The summed E-state index contributed by atoms with van der Waals surface area (Å²) >= 11 is 0. The average molecular weight is 722 g/mol. The largest absolute Gasteiger partial charge is 0.504 e. The fourth-order valence-corrected chi connectivity index (χ4v) is 7.30. The first-order valence-electron chi connectivity index (χ1n) is 16.2. The van der Waals surface area contributed by atoms with Crippen LogP contribution in [0.2, 0.25) is 0 Å². The van der Waals surface area contributed by atoms with Gasteiger partial charge in [-0.05, 0) is 56.4 Å². The van der Waals surface area contributed by atoms with Crippen LogP contribution in [-0.2, 0) is 22.9 Å². The lowest BCUT2D eigenvalue weighted by Gasteiger charge is -2.39. The van der Waals surface area contributed by atoms with Crippen LogP contribution >= 0.6 is 0 Å². The van der Waals surface area contributed by atoms with E-state index >= 15 is 0 Å². The molecule has 0 saturated carbocycles. The van der Waals surface area contributed by atoms with Gasteiger partial charge in [0.1, 0.15) is 18.7 Å². The number of halogens is 4. The molecule has 7 rings (SSSR count). The number of aromatic hydroxyl groups is 1. The maximum atomic E-state index is 14.7. The van der Waals surface area contributed by atoms with E-state index < -0.39 is 52.6 Å². The molecule has 18 heteroatoms. The molecule has 1 atom stereocenters. The van der Waals surface area contributed by atoms with Crippen LogP contribution in [0.15, 0.2) is 47.7 Å². The Labute approximate surface area is 292 Å². The van der Waals surface area contributed by atoms with Gasteiger partial charge in [-0.25, -0.2) is 19.3 Å². The molecule has 270 valence electrons. The van der Waals surface area contributed by atoms with Gasteiger partial charge in [-0.1, -0.05) is 6.92 Å².